The number of carbonyl (C=O) groups is 3. The maximum atomic E-state index is 13.0. The van der Waals surface area contributed by atoms with E-state index in [1.807, 2.05) is 36.1 Å². The van der Waals surface area contributed by atoms with Gasteiger partial charge in [0.15, 0.2) is 5.69 Å². The first-order valence-corrected chi connectivity index (χ1v) is 12.3. The highest BCUT2D eigenvalue weighted by Crippen LogP contribution is 2.40. The molecule has 3 fully saturated rings. The lowest BCUT2D eigenvalue weighted by Gasteiger charge is -2.26. The van der Waals surface area contributed by atoms with Crippen molar-refractivity contribution < 1.29 is 18.9 Å². The monoisotopic (exact) mass is 464 g/mol. The summed E-state index contributed by atoms with van der Waals surface area (Å²) in [6.07, 6.45) is 5.36. The molecular formula is C26H32N4O4. The highest BCUT2D eigenvalue weighted by atomic mass is 16.5. The van der Waals surface area contributed by atoms with Gasteiger partial charge in [-0.15, -0.1) is 0 Å². The number of amides is 3. The normalized spacial score (nSPS) is 23.9. The van der Waals surface area contributed by atoms with Crippen molar-refractivity contribution in [2.75, 3.05) is 0 Å². The van der Waals surface area contributed by atoms with Crippen LogP contribution in [-0.2, 0) is 4.79 Å². The summed E-state index contributed by atoms with van der Waals surface area (Å²) in [5.74, 6) is 0.571. The van der Waals surface area contributed by atoms with Gasteiger partial charge < -0.3 is 20.1 Å². The number of hydrogen-bond donors (Lipinski definition) is 2. The van der Waals surface area contributed by atoms with Crippen molar-refractivity contribution in [3.8, 4) is 0 Å². The predicted octanol–water partition coefficient (Wildman–Crippen LogP) is 3.70. The van der Waals surface area contributed by atoms with Gasteiger partial charge in [-0.3, -0.25) is 14.4 Å². The molecule has 180 valence electrons. The Bertz CT molecular complexity index is 1090. The average molecular weight is 465 g/mol. The fourth-order valence-electron chi connectivity index (χ4n) is 4.85. The van der Waals surface area contributed by atoms with Crippen molar-refractivity contribution >= 4 is 17.7 Å². The summed E-state index contributed by atoms with van der Waals surface area (Å²) in [7, 11) is 0. The first-order chi connectivity index (χ1) is 16.3. The Kier molecular flexibility index (Phi) is 5.70. The van der Waals surface area contributed by atoms with Gasteiger partial charge in [0.05, 0.1) is 6.04 Å². The molecule has 2 saturated carbocycles. The maximum absolute atomic E-state index is 13.0. The molecule has 3 aliphatic rings. The van der Waals surface area contributed by atoms with E-state index in [4.69, 9.17) is 4.52 Å². The Morgan fingerprint density at radius 2 is 1.71 bits per heavy atom. The van der Waals surface area contributed by atoms with Crippen molar-refractivity contribution in [2.24, 2.45) is 0 Å². The summed E-state index contributed by atoms with van der Waals surface area (Å²) in [5, 5.41) is 9.73. The van der Waals surface area contributed by atoms with Crippen LogP contribution in [0.1, 0.15) is 103 Å². The first-order valence-electron chi connectivity index (χ1n) is 12.3. The highest BCUT2D eigenvalue weighted by Gasteiger charge is 2.52. The van der Waals surface area contributed by atoms with E-state index in [2.05, 4.69) is 29.6 Å². The number of aromatic nitrogens is 1. The average Bonchev–Trinajstić information content (AvgIpc) is 3.74. The third-order valence-electron chi connectivity index (χ3n) is 7.47. The number of hydrogen-bond acceptors (Lipinski definition) is 5. The number of nitrogens with one attached hydrogen (secondary N) is 2. The molecule has 2 N–H and O–H groups in total. The lowest BCUT2D eigenvalue weighted by Crippen LogP contribution is -2.49. The summed E-state index contributed by atoms with van der Waals surface area (Å²) >= 11 is 0. The molecule has 34 heavy (non-hydrogen) atoms. The molecule has 5 rings (SSSR count). The Morgan fingerprint density at radius 3 is 2.29 bits per heavy atom. The van der Waals surface area contributed by atoms with Gasteiger partial charge in [0.2, 0.25) is 5.91 Å². The maximum Gasteiger partial charge on any atom is 0.274 e. The summed E-state index contributed by atoms with van der Waals surface area (Å²) < 4.78 is 5.26. The smallest absolute Gasteiger partial charge is 0.274 e. The molecule has 1 aliphatic heterocycles. The number of rotatable bonds is 7. The predicted molar refractivity (Wildman–Crippen MR) is 125 cm³/mol. The van der Waals surface area contributed by atoms with Crippen LogP contribution in [0.3, 0.4) is 0 Å². The third kappa shape index (κ3) is 4.33. The fraction of sp³-hybridized carbons (Fsp3) is 0.538. The third-order valence-corrected chi connectivity index (χ3v) is 7.47. The van der Waals surface area contributed by atoms with Crippen LogP contribution in [0.15, 0.2) is 34.9 Å². The molecule has 2 aromatic rings. The van der Waals surface area contributed by atoms with Crippen molar-refractivity contribution in [2.45, 2.75) is 88.9 Å². The lowest BCUT2D eigenvalue weighted by atomic mass is 10.0. The molecule has 0 bridgehead atoms. The number of benzene rings is 1. The van der Waals surface area contributed by atoms with Gasteiger partial charge in [-0.25, -0.2) is 0 Å². The molecule has 1 saturated heterocycles. The Balaban J connectivity index is 1.19. The van der Waals surface area contributed by atoms with Gasteiger partial charge in [0, 0.05) is 29.6 Å². The van der Waals surface area contributed by atoms with Crippen LogP contribution in [0.25, 0.3) is 0 Å². The van der Waals surface area contributed by atoms with E-state index < -0.39 is 5.54 Å². The van der Waals surface area contributed by atoms with E-state index in [-0.39, 0.29) is 41.5 Å². The molecule has 0 spiro atoms. The number of nitrogens with zero attached hydrogens (tertiary/aromatic N) is 2. The largest absolute Gasteiger partial charge is 0.360 e. The second-order valence-electron chi connectivity index (χ2n) is 10.2. The van der Waals surface area contributed by atoms with Gasteiger partial charge in [-0.05, 0) is 77.0 Å². The van der Waals surface area contributed by atoms with Crippen molar-refractivity contribution in [3.05, 3.63) is 52.9 Å². The fourth-order valence-corrected chi connectivity index (χ4v) is 4.85. The zero-order chi connectivity index (χ0) is 24.0. The van der Waals surface area contributed by atoms with Crippen molar-refractivity contribution in [3.63, 3.8) is 0 Å². The Hall–Kier alpha value is -3.16. The van der Waals surface area contributed by atoms with E-state index in [0.29, 0.717) is 24.3 Å². The van der Waals surface area contributed by atoms with Crippen LogP contribution in [0, 0.1) is 0 Å². The van der Waals surface area contributed by atoms with Gasteiger partial charge in [0.1, 0.15) is 11.3 Å². The Morgan fingerprint density at radius 1 is 1.06 bits per heavy atom. The van der Waals surface area contributed by atoms with Crippen LogP contribution < -0.4 is 10.6 Å². The SMILES string of the molecule is CC1CCC(C)N1C(=O)c1ccc([C@@H](C)NC(=O)C2(NC(=O)c3cc(C4CC4)on3)CC2)cc1. The summed E-state index contributed by atoms with van der Waals surface area (Å²) in [6, 6.07) is 9.35. The van der Waals surface area contributed by atoms with Gasteiger partial charge in [-0.2, -0.15) is 0 Å². The van der Waals surface area contributed by atoms with Gasteiger partial charge >= 0.3 is 0 Å². The highest BCUT2D eigenvalue weighted by molar-refractivity contribution is 5.99. The molecule has 2 unspecified atom stereocenters. The molecule has 1 aromatic heterocycles. The molecule has 2 heterocycles. The van der Waals surface area contributed by atoms with E-state index >= 15 is 0 Å². The van der Waals surface area contributed by atoms with Crippen LogP contribution in [0.2, 0.25) is 0 Å². The molecular weight excluding hydrogens is 432 g/mol. The standard InChI is InChI=1S/C26H32N4O4/c1-15-4-5-16(2)30(15)24(32)20-10-6-18(7-11-20)17(3)27-25(33)26(12-13-26)28-23(31)21-14-22(34-29-21)19-8-9-19/h6-7,10-11,14-17,19H,4-5,8-9,12-13H2,1-3H3,(H,27,33)(H,28,31)/t15?,16?,17-/m1/s1. The summed E-state index contributed by atoms with van der Waals surface area (Å²) in [5.41, 5.74) is 0.880. The lowest BCUT2D eigenvalue weighted by molar-refractivity contribution is -0.124. The summed E-state index contributed by atoms with van der Waals surface area (Å²) in [4.78, 5) is 40.5. The van der Waals surface area contributed by atoms with Crippen LogP contribution in [0.4, 0.5) is 0 Å². The number of carbonyl (C=O) groups excluding carboxylic acids is 3. The molecule has 1 aromatic carbocycles. The molecule has 3 atom stereocenters. The molecule has 2 aliphatic carbocycles. The quantitative estimate of drug-likeness (QED) is 0.650. The van der Waals surface area contributed by atoms with Gasteiger partial charge in [0.25, 0.3) is 11.8 Å². The van der Waals surface area contributed by atoms with Crippen LogP contribution >= 0.6 is 0 Å². The van der Waals surface area contributed by atoms with E-state index in [0.717, 1.165) is 37.0 Å². The topological polar surface area (TPSA) is 105 Å². The minimum atomic E-state index is -0.901. The molecule has 8 nitrogen and oxygen atoms in total. The van der Waals surface area contributed by atoms with Crippen molar-refractivity contribution in [1.29, 1.82) is 0 Å². The molecule has 0 radical (unpaired) electrons. The van der Waals surface area contributed by atoms with Gasteiger partial charge in [-0.1, -0.05) is 17.3 Å². The zero-order valence-electron chi connectivity index (χ0n) is 20.0. The van der Waals surface area contributed by atoms with E-state index in [1.165, 1.54) is 0 Å². The second kappa shape index (κ2) is 8.56. The first kappa shape index (κ1) is 22.6. The Labute approximate surface area is 199 Å². The minimum absolute atomic E-state index is 0.0538. The van der Waals surface area contributed by atoms with E-state index in [9.17, 15) is 14.4 Å². The molecule has 3 amide bonds. The minimum Gasteiger partial charge on any atom is -0.360 e. The second-order valence-corrected chi connectivity index (χ2v) is 10.2. The van der Waals surface area contributed by atoms with Crippen LogP contribution in [-0.4, -0.2) is 45.4 Å². The van der Waals surface area contributed by atoms with E-state index in [1.54, 1.807) is 6.07 Å². The summed E-state index contributed by atoms with van der Waals surface area (Å²) in [6.45, 7) is 6.08. The zero-order valence-corrected chi connectivity index (χ0v) is 20.0. The van der Waals surface area contributed by atoms with Crippen molar-refractivity contribution in [1.82, 2.24) is 20.7 Å². The number of likely N-dealkylation sites (tertiary alicyclic amines) is 1. The van der Waals surface area contributed by atoms with Crippen LogP contribution in [0.5, 0.6) is 0 Å². The molecule has 8 heteroatoms.